The van der Waals surface area contributed by atoms with Crippen LogP contribution in [-0.4, -0.2) is 55.0 Å². The van der Waals surface area contributed by atoms with Crippen LogP contribution < -0.4 is 4.72 Å². The van der Waals surface area contributed by atoms with Crippen molar-refractivity contribution in [1.29, 1.82) is 0 Å². The normalized spacial score (nSPS) is 17.1. The van der Waals surface area contributed by atoms with E-state index in [2.05, 4.69) is 14.7 Å². The maximum atomic E-state index is 13.3. The molecule has 0 unspecified atom stereocenters. The van der Waals surface area contributed by atoms with E-state index in [0.717, 1.165) is 0 Å². The first-order chi connectivity index (χ1) is 14.4. The molecule has 1 aromatic heterocycles. The summed E-state index contributed by atoms with van der Waals surface area (Å²) in [4.78, 5) is 23.2. The third-order valence-electron chi connectivity index (χ3n) is 4.84. The van der Waals surface area contributed by atoms with E-state index >= 15 is 0 Å². The average molecular weight is 538 g/mol. The number of ether oxygens (including phenoxy) is 1. The zero-order chi connectivity index (χ0) is 21.3. The molecule has 8 nitrogen and oxygen atoms in total. The Balaban J connectivity index is 1.75. The molecular formula is C20H19IN4O4S. The summed E-state index contributed by atoms with van der Waals surface area (Å²) in [5.41, 5.74) is 1.43. The Morgan fingerprint density at radius 3 is 2.83 bits per heavy atom. The lowest BCUT2D eigenvalue weighted by Crippen LogP contribution is -2.47. The number of sulfonamides is 1. The summed E-state index contributed by atoms with van der Waals surface area (Å²) in [6.45, 7) is 3.14. The van der Waals surface area contributed by atoms with Crippen molar-refractivity contribution in [3.63, 3.8) is 0 Å². The third-order valence-corrected chi connectivity index (χ3v) is 6.91. The van der Waals surface area contributed by atoms with E-state index in [0.29, 0.717) is 40.0 Å². The number of fused-ring (bicyclic) bond motifs is 1. The number of hydrogen-bond acceptors (Lipinski definition) is 6. The van der Waals surface area contributed by atoms with Crippen molar-refractivity contribution in [1.82, 2.24) is 14.9 Å². The van der Waals surface area contributed by atoms with Gasteiger partial charge in [0.25, 0.3) is 15.9 Å². The monoisotopic (exact) mass is 538 g/mol. The van der Waals surface area contributed by atoms with Crippen LogP contribution in [0.3, 0.4) is 0 Å². The molecule has 1 saturated heterocycles. The summed E-state index contributed by atoms with van der Waals surface area (Å²) in [6, 6.07) is 9.71. The number of carbonyl (C=O) groups is 1. The first-order valence-electron chi connectivity index (χ1n) is 9.27. The van der Waals surface area contributed by atoms with Crippen LogP contribution in [0.2, 0.25) is 0 Å². The molecule has 0 radical (unpaired) electrons. The van der Waals surface area contributed by atoms with Crippen LogP contribution in [0.1, 0.15) is 17.3 Å². The predicted octanol–water partition coefficient (Wildman–Crippen LogP) is 2.90. The Kier molecular flexibility index (Phi) is 5.89. The fraction of sp³-hybridized carbons (Fsp3) is 0.250. The highest BCUT2D eigenvalue weighted by Crippen LogP contribution is 2.27. The lowest BCUT2D eigenvalue weighted by molar-refractivity contribution is 0.00338. The topological polar surface area (TPSA) is 101 Å². The quantitative estimate of drug-likeness (QED) is 0.513. The lowest BCUT2D eigenvalue weighted by atomic mass is 10.1. The molecular weight excluding hydrogens is 519 g/mol. The molecule has 0 spiro atoms. The van der Waals surface area contributed by atoms with Gasteiger partial charge in [-0.3, -0.25) is 19.5 Å². The van der Waals surface area contributed by atoms with Crippen molar-refractivity contribution in [2.24, 2.45) is 0 Å². The molecule has 2 aromatic carbocycles. The molecule has 10 heteroatoms. The van der Waals surface area contributed by atoms with E-state index in [1.54, 1.807) is 41.4 Å². The van der Waals surface area contributed by atoms with E-state index in [1.807, 2.05) is 29.5 Å². The highest BCUT2D eigenvalue weighted by molar-refractivity contribution is 14.1. The number of rotatable bonds is 4. The first-order valence-corrected chi connectivity index (χ1v) is 11.8. The number of para-hydroxylation sites is 1. The number of hydrogen-bond donors (Lipinski definition) is 1. The van der Waals surface area contributed by atoms with Crippen LogP contribution in [0, 0.1) is 3.57 Å². The fourth-order valence-corrected chi connectivity index (χ4v) is 5.35. The number of anilines is 1. The number of halogens is 1. The number of nitrogens with one attached hydrogen (secondary N) is 1. The summed E-state index contributed by atoms with van der Waals surface area (Å²) in [5.74, 6) is -0.333. The number of morpholine rings is 1. The molecule has 1 aliphatic rings. The van der Waals surface area contributed by atoms with Gasteiger partial charge in [0.1, 0.15) is 10.4 Å². The Labute approximate surface area is 187 Å². The van der Waals surface area contributed by atoms with Crippen molar-refractivity contribution in [2.45, 2.75) is 17.9 Å². The number of amides is 1. The van der Waals surface area contributed by atoms with Gasteiger partial charge >= 0.3 is 0 Å². The number of benzene rings is 2. The molecule has 1 N–H and O–H groups in total. The van der Waals surface area contributed by atoms with Gasteiger partial charge in [0.15, 0.2) is 0 Å². The number of carbonyl (C=O) groups excluding carboxylic acids is 1. The largest absolute Gasteiger partial charge is 0.377 e. The average Bonchev–Trinajstić information content (AvgIpc) is 2.74. The number of aromatic nitrogens is 2. The zero-order valence-corrected chi connectivity index (χ0v) is 19.1. The minimum Gasteiger partial charge on any atom is -0.377 e. The van der Waals surface area contributed by atoms with Crippen LogP contribution in [0.25, 0.3) is 11.0 Å². The van der Waals surface area contributed by atoms with Gasteiger partial charge in [0.2, 0.25) is 0 Å². The molecule has 2 heterocycles. The second-order valence-electron chi connectivity index (χ2n) is 6.90. The molecule has 1 fully saturated rings. The maximum Gasteiger partial charge on any atom is 0.262 e. The van der Waals surface area contributed by atoms with Gasteiger partial charge in [-0.05, 0) is 59.8 Å². The second-order valence-corrected chi connectivity index (χ2v) is 9.79. The van der Waals surface area contributed by atoms with Crippen LogP contribution in [0.4, 0.5) is 5.69 Å². The van der Waals surface area contributed by atoms with E-state index in [-0.39, 0.29) is 22.4 Å². The molecule has 0 saturated carbocycles. The minimum atomic E-state index is -4.06. The van der Waals surface area contributed by atoms with Gasteiger partial charge in [-0.25, -0.2) is 8.42 Å². The third kappa shape index (κ3) is 4.12. The fourth-order valence-electron chi connectivity index (χ4n) is 3.35. The van der Waals surface area contributed by atoms with E-state index in [9.17, 15) is 13.2 Å². The molecule has 30 heavy (non-hydrogen) atoms. The molecule has 1 atom stereocenters. The Morgan fingerprint density at radius 2 is 2.03 bits per heavy atom. The standard InChI is InChI=1S/C20H19IN4O4S/c1-13-12-29-10-9-25(13)20(26)15-6-5-14(21)11-18(15)30(27,28)24-17-4-2-3-16-19(17)23-8-7-22-16/h2-8,11,13,24H,9-10,12H2,1H3/t13-/m0/s1. The van der Waals surface area contributed by atoms with E-state index < -0.39 is 10.0 Å². The zero-order valence-electron chi connectivity index (χ0n) is 16.1. The molecule has 0 bridgehead atoms. The van der Waals surface area contributed by atoms with Crippen molar-refractivity contribution < 1.29 is 17.9 Å². The molecule has 1 aliphatic heterocycles. The van der Waals surface area contributed by atoms with Crippen molar-refractivity contribution in [3.8, 4) is 0 Å². The Morgan fingerprint density at radius 1 is 1.23 bits per heavy atom. The van der Waals surface area contributed by atoms with Crippen LogP contribution >= 0.6 is 22.6 Å². The molecule has 0 aliphatic carbocycles. The molecule has 3 aromatic rings. The Bertz CT molecular complexity index is 1210. The van der Waals surface area contributed by atoms with Crippen molar-refractivity contribution in [3.05, 3.63) is 57.9 Å². The highest BCUT2D eigenvalue weighted by atomic mass is 127. The molecule has 4 rings (SSSR count). The summed E-state index contributed by atoms with van der Waals surface area (Å²) >= 11 is 2.03. The van der Waals surface area contributed by atoms with Crippen molar-refractivity contribution in [2.75, 3.05) is 24.5 Å². The van der Waals surface area contributed by atoms with Gasteiger partial charge in [-0.2, -0.15) is 0 Å². The van der Waals surface area contributed by atoms with Crippen molar-refractivity contribution >= 4 is 55.2 Å². The summed E-state index contributed by atoms with van der Waals surface area (Å²) < 4.78 is 35.3. The van der Waals surface area contributed by atoms with Gasteiger partial charge in [0, 0.05) is 22.5 Å². The van der Waals surface area contributed by atoms with Gasteiger partial charge < -0.3 is 9.64 Å². The van der Waals surface area contributed by atoms with E-state index in [4.69, 9.17) is 4.74 Å². The van der Waals surface area contributed by atoms with Crippen LogP contribution in [0.15, 0.2) is 53.7 Å². The number of nitrogens with zero attached hydrogens (tertiary/aromatic N) is 3. The SMILES string of the molecule is C[C@H]1COCCN1C(=O)c1ccc(I)cc1S(=O)(=O)Nc1cccc2nccnc12. The van der Waals surface area contributed by atoms with Crippen LogP contribution in [0.5, 0.6) is 0 Å². The molecule has 156 valence electrons. The summed E-state index contributed by atoms with van der Waals surface area (Å²) in [6.07, 6.45) is 3.04. The predicted molar refractivity (Wildman–Crippen MR) is 121 cm³/mol. The lowest BCUT2D eigenvalue weighted by Gasteiger charge is -2.33. The van der Waals surface area contributed by atoms with Gasteiger partial charge in [-0.15, -0.1) is 0 Å². The van der Waals surface area contributed by atoms with E-state index in [1.165, 1.54) is 12.3 Å². The Hall–Kier alpha value is -2.31. The summed E-state index contributed by atoms with van der Waals surface area (Å²) in [5, 5.41) is 0. The summed E-state index contributed by atoms with van der Waals surface area (Å²) in [7, 11) is -4.06. The highest BCUT2D eigenvalue weighted by Gasteiger charge is 2.30. The van der Waals surface area contributed by atoms with Gasteiger partial charge in [-0.1, -0.05) is 6.07 Å². The molecule has 1 amide bonds. The van der Waals surface area contributed by atoms with Crippen LogP contribution in [-0.2, 0) is 14.8 Å². The second kappa shape index (κ2) is 8.44. The minimum absolute atomic E-state index is 0.0704. The first kappa shape index (κ1) is 20.9. The maximum absolute atomic E-state index is 13.3. The van der Waals surface area contributed by atoms with Gasteiger partial charge in [0.05, 0.1) is 36.0 Å². The smallest absolute Gasteiger partial charge is 0.262 e.